The Kier molecular flexibility index (Phi) is 6.71. The van der Waals surface area contributed by atoms with E-state index in [1.165, 1.54) is 42.5 Å². The summed E-state index contributed by atoms with van der Waals surface area (Å²) in [6.07, 6.45) is 0. The maximum Gasteiger partial charge on any atom is 0.355 e. The number of rotatable bonds is 3. The largest absolute Gasteiger partial charge is 0.355 e. The molecular weight excluding hydrogens is 346 g/mol. The van der Waals surface area contributed by atoms with Crippen molar-refractivity contribution in [3.63, 3.8) is 0 Å². The zero-order valence-electron chi connectivity index (χ0n) is 10.9. The van der Waals surface area contributed by atoms with Crippen LogP contribution in [0.3, 0.4) is 0 Å². The van der Waals surface area contributed by atoms with Gasteiger partial charge in [0.25, 0.3) is 0 Å². The molecule has 0 aliphatic rings. The Balaban J connectivity index is 0.00000220. The first-order valence-electron chi connectivity index (χ1n) is 5.39. The number of benzene rings is 2. The van der Waals surface area contributed by atoms with E-state index < -0.39 is 16.1 Å². The summed E-state index contributed by atoms with van der Waals surface area (Å²) in [6, 6.07) is 11.4. The van der Waals surface area contributed by atoms with Crippen LogP contribution >= 0.6 is 23.2 Å². The van der Waals surface area contributed by atoms with Gasteiger partial charge < -0.3 is 4.18 Å². The molecule has 0 spiro atoms. The molecule has 0 saturated heterocycles. The zero-order valence-corrected chi connectivity index (χ0v) is 15.2. The second-order valence-electron chi connectivity index (χ2n) is 3.76. The standard InChI is InChI=1S/C13H8Cl2O4S.Na/c14-9-6-7-12(15)11(8-9)13(16)19-20(17,18)10-4-2-1-3-5-10;/h1-8H;. The number of halogens is 2. The van der Waals surface area contributed by atoms with Gasteiger partial charge in [0.15, 0.2) is 0 Å². The predicted molar refractivity (Wildman–Crippen MR) is 81.3 cm³/mol. The topological polar surface area (TPSA) is 60.4 Å². The van der Waals surface area contributed by atoms with Crippen LogP contribution < -0.4 is 0 Å². The van der Waals surface area contributed by atoms with Gasteiger partial charge >= 0.3 is 16.1 Å². The van der Waals surface area contributed by atoms with Crippen LogP contribution in [0, 0.1) is 0 Å². The second kappa shape index (κ2) is 7.63. The first-order chi connectivity index (χ1) is 9.40. The number of carbonyl (C=O) groups excluding carboxylic acids is 1. The number of hydrogen-bond donors (Lipinski definition) is 0. The van der Waals surface area contributed by atoms with Gasteiger partial charge in [0, 0.05) is 34.6 Å². The van der Waals surface area contributed by atoms with Crippen LogP contribution in [-0.4, -0.2) is 43.9 Å². The Morgan fingerprint density at radius 2 is 1.62 bits per heavy atom. The van der Waals surface area contributed by atoms with Crippen molar-refractivity contribution >= 4 is 68.8 Å². The number of carbonyl (C=O) groups is 1. The van der Waals surface area contributed by atoms with Crippen molar-refractivity contribution in [2.24, 2.45) is 0 Å². The molecular formula is C13H8Cl2NaO4S. The molecule has 8 heteroatoms. The van der Waals surface area contributed by atoms with Gasteiger partial charge in [0.05, 0.1) is 10.6 Å². The smallest absolute Gasteiger partial charge is 0.338 e. The van der Waals surface area contributed by atoms with Gasteiger partial charge in [-0.2, -0.15) is 8.42 Å². The average Bonchev–Trinajstić information content (AvgIpc) is 2.42. The van der Waals surface area contributed by atoms with Crippen LogP contribution in [0.5, 0.6) is 0 Å². The molecule has 0 unspecified atom stereocenters. The van der Waals surface area contributed by atoms with Gasteiger partial charge in [-0.1, -0.05) is 41.4 Å². The van der Waals surface area contributed by atoms with Gasteiger partial charge in [0.2, 0.25) is 0 Å². The van der Waals surface area contributed by atoms with Crippen molar-refractivity contribution in [1.82, 2.24) is 0 Å². The third kappa shape index (κ3) is 4.71. The molecule has 2 aromatic carbocycles. The fraction of sp³-hybridized carbons (Fsp3) is 0. The van der Waals surface area contributed by atoms with Crippen LogP contribution in [-0.2, 0) is 14.3 Å². The van der Waals surface area contributed by atoms with Crippen LogP contribution in [0.1, 0.15) is 10.4 Å². The molecule has 0 aliphatic carbocycles. The van der Waals surface area contributed by atoms with E-state index in [9.17, 15) is 13.2 Å². The Labute approximate surface area is 154 Å². The molecule has 0 fully saturated rings. The molecule has 0 atom stereocenters. The molecule has 0 heterocycles. The van der Waals surface area contributed by atoms with Crippen molar-refractivity contribution in [1.29, 1.82) is 0 Å². The Morgan fingerprint density at radius 1 is 1.00 bits per heavy atom. The summed E-state index contributed by atoms with van der Waals surface area (Å²) in [7, 11) is -4.19. The van der Waals surface area contributed by atoms with Crippen LogP contribution in [0.2, 0.25) is 10.0 Å². The summed E-state index contributed by atoms with van der Waals surface area (Å²) >= 11 is 11.5. The van der Waals surface area contributed by atoms with Gasteiger partial charge in [-0.25, -0.2) is 4.79 Å². The Bertz CT molecular complexity index is 748. The minimum absolute atomic E-state index is 0. The molecule has 4 nitrogen and oxygen atoms in total. The minimum atomic E-state index is -4.19. The van der Waals surface area contributed by atoms with Gasteiger partial charge in [-0.3, -0.25) is 0 Å². The minimum Gasteiger partial charge on any atom is -0.338 e. The molecule has 21 heavy (non-hydrogen) atoms. The van der Waals surface area contributed by atoms with Crippen molar-refractivity contribution in [2.45, 2.75) is 4.90 Å². The van der Waals surface area contributed by atoms with Crippen LogP contribution in [0.4, 0.5) is 0 Å². The number of hydrogen-bond acceptors (Lipinski definition) is 4. The molecule has 2 rings (SSSR count). The fourth-order valence-electron chi connectivity index (χ4n) is 1.43. The summed E-state index contributed by atoms with van der Waals surface area (Å²) in [4.78, 5) is 11.7. The first-order valence-corrected chi connectivity index (χ1v) is 7.55. The molecule has 0 aromatic heterocycles. The predicted octanol–water partition coefficient (Wildman–Crippen LogP) is 3.16. The van der Waals surface area contributed by atoms with Crippen molar-refractivity contribution in [3.8, 4) is 0 Å². The summed E-state index contributed by atoms with van der Waals surface area (Å²) in [5.74, 6) is -1.08. The SMILES string of the molecule is O=C(OS(=O)(=O)c1ccccc1)c1cc(Cl)ccc1Cl.[Na]. The molecule has 0 aliphatic heterocycles. The fourth-order valence-corrected chi connectivity index (χ4v) is 2.68. The molecule has 0 N–H and O–H groups in total. The molecule has 105 valence electrons. The zero-order chi connectivity index (χ0) is 14.8. The van der Waals surface area contributed by atoms with Crippen LogP contribution in [0.25, 0.3) is 0 Å². The van der Waals surface area contributed by atoms with Gasteiger partial charge in [-0.05, 0) is 30.3 Å². The maximum absolute atomic E-state index is 11.9. The third-order valence-electron chi connectivity index (χ3n) is 2.37. The van der Waals surface area contributed by atoms with E-state index >= 15 is 0 Å². The normalized spacial score (nSPS) is 10.6. The first kappa shape index (κ1) is 18.5. The van der Waals surface area contributed by atoms with Crippen molar-refractivity contribution in [2.75, 3.05) is 0 Å². The summed E-state index contributed by atoms with van der Waals surface area (Å²) < 4.78 is 28.3. The second-order valence-corrected chi connectivity index (χ2v) is 6.15. The van der Waals surface area contributed by atoms with E-state index in [2.05, 4.69) is 4.18 Å². The van der Waals surface area contributed by atoms with Crippen molar-refractivity contribution in [3.05, 3.63) is 64.1 Å². The molecule has 0 saturated carbocycles. The summed E-state index contributed by atoms with van der Waals surface area (Å²) in [5.41, 5.74) is -0.112. The third-order valence-corrected chi connectivity index (χ3v) is 4.15. The van der Waals surface area contributed by atoms with E-state index in [1.54, 1.807) is 6.07 Å². The summed E-state index contributed by atoms with van der Waals surface area (Å²) in [6.45, 7) is 0. The monoisotopic (exact) mass is 353 g/mol. The molecule has 1 radical (unpaired) electrons. The van der Waals surface area contributed by atoms with Crippen molar-refractivity contribution < 1.29 is 17.4 Å². The molecule has 0 bridgehead atoms. The quantitative estimate of drug-likeness (QED) is 0.628. The van der Waals surface area contributed by atoms with E-state index in [0.29, 0.717) is 0 Å². The molecule has 2 aromatic rings. The van der Waals surface area contributed by atoms with Crippen LogP contribution in [0.15, 0.2) is 53.4 Å². The Morgan fingerprint density at radius 3 is 2.24 bits per heavy atom. The maximum atomic E-state index is 11.9. The average molecular weight is 354 g/mol. The van der Waals surface area contributed by atoms with E-state index in [1.807, 2.05) is 0 Å². The van der Waals surface area contributed by atoms with Gasteiger partial charge in [-0.15, -0.1) is 0 Å². The Hall–Kier alpha value is -0.560. The van der Waals surface area contributed by atoms with E-state index in [4.69, 9.17) is 23.2 Å². The van der Waals surface area contributed by atoms with Gasteiger partial charge in [0.1, 0.15) is 4.90 Å². The van der Waals surface area contributed by atoms with E-state index in [0.717, 1.165) is 0 Å². The molecule has 0 amide bonds. The van der Waals surface area contributed by atoms with E-state index in [-0.39, 0.29) is 50.1 Å². The summed E-state index contributed by atoms with van der Waals surface area (Å²) in [5, 5.41) is 0.307.